The fourth-order valence-corrected chi connectivity index (χ4v) is 3.14. The Labute approximate surface area is 213 Å². The zero-order valence-electron chi connectivity index (χ0n) is 21.3. The quantitative estimate of drug-likeness (QED) is 0.454. The van der Waals surface area contributed by atoms with Crippen LogP contribution in [0.4, 0.5) is 4.39 Å². The number of carbonyl (C=O) groups is 2. The highest BCUT2D eigenvalue weighted by molar-refractivity contribution is 5.77. The summed E-state index contributed by atoms with van der Waals surface area (Å²) in [5.74, 6) is -1.02. The summed E-state index contributed by atoms with van der Waals surface area (Å²) in [6.07, 6.45) is 1.33. The lowest BCUT2D eigenvalue weighted by Gasteiger charge is -2.33. The normalized spacial score (nSPS) is 19.1. The monoisotopic (exact) mass is 515 g/mol. The molecule has 0 atom stereocenters. The lowest BCUT2D eigenvalue weighted by molar-refractivity contribution is -0.236. The Kier molecular flexibility index (Phi) is 8.90. The van der Waals surface area contributed by atoms with Crippen molar-refractivity contribution in [2.45, 2.75) is 33.2 Å². The number of rotatable bonds is 7. The Bertz CT molecular complexity index is 1210. The number of carboxylic acid groups (broad SMARTS) is 1. The van der Waals surface area contributed by atoms with Crippen molar-refractivity contribution in [1.82, 2.24) is 24.8 Å². The Morgan fingerprint density at radius 2 is 1.84 bits per heavy atom. The van der Waals surface area contributed by atoms with Gasteiger partial charge in [0.05, 0.1) is 36.4 Å². The standard InChI is InChI=1S/C22H23FN4O5.C3H7NO/c1-12(2)32-21-24-9-8-15(25-21)17-16(13-4-6-14(23)7-5-13)26-18(27-17)19-30-10-22(3,11-31-19)20(28)29;1-4(2)3-5/h4-9,12,19H,10-11H2,1-3H3,(H,26,27)(H,28,29);3H,1-2H3. The number of nitrogens with one attached hydrogen (secondary N) is 1. The lowest BCUT2D eigenvalue weighted by atomic mass is 9.92. The van der Waals surface area contributed by atoms with Crippen molar-refractivity contribution >= 4 is 12.4 Å². The van der Waals surface area contributed by atoms with E-state index < -0.39 is 17.7 Å². The molecule has 1 aliphatic rings. The van der Waals surface area contributed by atoms with Gasteiger partial charge in [-0.25, -0.2) is 14.4 Å². The summed E-state index contributed by atoms with van der Waals surface area (Å²) in [6, 6.07) is 7.80. The number of benzene rings is 1. The number of aromatic nitrogens is 4. The van der Waals surface area contributed by atoms with Crippen LogP contribution in [0.2, 0.25) is 0 Å². The first-order valence-electron chi connectivity index (χ1n) is 11.5. The third-order valence-electron chi connectivity index (χ3n) is 5.13. The number of hydrogen-bond acceptors (Lipinski definition) is 8. The molecule has 2 N–H and O–H groups in total. The molecule has 0 spiro atoms. The molecule has 0 saturated carbocycles. The summed E-state index contributed by atoms with van der Waals surface area (Å²) < 4.78 is 30.4. The van der Waals surface area contributed by atoms with Gasteiger partial charge in [0.15, 0.2) is 5.82 Å². The molecule has 1 aromatic carbocycles. The first-order chi connectivity index (χ1) is 17.5. The molecule has 1 aliphatic heterocycles. The molecule has 2 aromatic heterocycles. The van der Waals surface area contributed by atoms with Crippen molar-refractivity contribution in [2.24, 2.45) is 5.41 Å². The van der Waals surface area contributed by atoms with Gasteiger partial charge in [0, 0.05) is 25.9 Å². The SMILES string of the molecule is CC(C)Oc1nccc(-c2[nH]c(C3OCC(C)(C(=O)O)CO3)nc2-c2ccc(F)cc2)n1.CN(C)C=O. The summed E-state index contributed by atoms with van der Waals surface area (Å²) in [7, 11) is 3.38. The maximum Gasteiger partial charge on any atom is 0.317 e. The fraction of sp³-hybridized carbons (Fsp3) is 0.400. The van der Waals surface area contributed by atoms with Crippen LogP contribution in [0.15, 0.2) is 36.5 Å². The average molecular weight is 516 g/mol. The van der Waals surface area contributed by atoms with Crippen LogP contribution < -0.4 is 4.74 Å². The van der Waals surface area contributed by atoms with Crippen molar-refractivity contribution in [3.63, 3.8) is 0 Å². The lowest BCUT2D eigenvalue weighted by Crippen LogP contribution is -2.42. The van der Waals surface area contributed by atoms with E-state index in [9.17, 15) is 19.1 Å². The van der Waals surface area contributed by atoms with Crippen molar-refractivity contribution in [1.29, 1.82) is 0 Å². The number of hydrogen-bond donors (Lipinski definition) is 2. The van der Waals surface area contributed by atoms with E-state index in [0.717, 1.165) is 6.41 Å². The minimum Gasteiger partial charge on any atom is -0.481 e. The molecule has 4 rings (SSSR count). The van der Waals surface area contributed by atoms with Gasteiger partial charge in [-0.3, -0.25) is 9.59 Å². The summed E-state index contributed by atoms with van der Waals surface area (Å²) in [4.78, 5) is 38.7. The van der Waals surface area contributed by atoms with Gasteiger partial charge in [-0.15, -0.1) is 0 Å². The predicted molar refractivity (Wildman–Crippen MR) is 131 cm³/mol. The van der Waals surface area contributed by atoms with Gasteiger partial charge in [-0.2, -0.15) is 4.98 Å². The van der Waals surface area contributed by atoms with E-state index in [-0.39, 0.29) is 31.1 Å². The Balaban J connectivity index is 0.000000695. The van der Waals surface area contributed by atoms with Gasteiger partial charge in [0.25, 0.3) is 0 Å². The molecule has 37 heavy (non-hydrogen) atoms. The molecule has 12 heteroatoms. The highest BCUT2D eigenvalue weighted by Crippen LogP contribution is 2.35. The second-order valence-electron chi connectivity index (χ2n) is 9.13. The summed E-state index contributed by atoms with van der Waals surface area (Å²) in [5.41, 5.74) is 1.08. The van der Waals surface area contributed by atoms with E-state index in [1.165, 1.54) is 17.0 Å². The molecule has 1 fully saturated rings. The molecule has 0 bridgehead atoms. The zero-order chi connectivity index (χ0) is 27.2. The highest BCUT2D eigenvalue weighted by Gasteiger charge is 2.41. The Hall–Kier alpha value is -3.90. The molecule has 11 nitrogen and oxygen atoms in total. The van der Waals surface area contributed by atoms with E-state index in [4.69, 9.17) is 14.2 Å². The third kappa shape index (κ3) is 7.08. The average Bonchev–Trinajstić information content (AvgIpc) is 3.30. The number of amides is 1. The largest absolute Gasteiger partial charge is 0.481 e. The molecule has 0 radical (unpaired) electrons. The van der Waals surface area contributed by atoms with E-state index in [1.807, 2.05) is 13.8 Å². The van der Waals surface area contributed by atoms with Gasteiger partial charge < -0.3 is 29.2 Å². The highest BCUT2D eigenvalue weighted by atomic mass is 19.1. The van der Waals surface area contributed by atoms with E-state index in [2.05, 4.69) is 19.9 Å². The van der Waals surface area contributed by atoms with Crippen LogP contribution in [0.3, 0.4) is 0 Å². The molecular weight excluding hydrogens is 485 g/mol. The summed E-state index contributed by atoms with van der Waals surface area (Å²) >= 11 is 0. The van der Waals surface area contributed by atoms with Crippen LogP contribution in [0, 0.1) is 11.2 Å². The van der Waals surface area contributed by atoms with E-state index in [1.54, 1.807) is 45.4 Å². The molecule has 0 aliphatic carbocycles. The van der Waals surface area contributed by atoms with Crippen molar-refractivity contribution in [2.75, 3.05) is 27.3 Å². The van der Waals surface area contributed by atoms with Crippen LogP contribution in [-0.4, -0.2) is 75.7 Å². The van der Waals surface area contributed by atoms with Crippen LogP contribution in [0.5, 0.6) is 6.01 Å². The van der Waals surface area contributed by atoms with Gasteiger partial charge in [0.2, 0.25) is 12.7 Å². The number of aromatic amines is 1. The minimum absolute atomic E-state index is 0.0329. The van der Waals surface area contributed by atoms with Crippen LogP contribution in [0.25, 0.3) is 22.6 Å². The molecular formula is C25H30FN5O6. The molecule has 1 amide bonds. The molecule has 3 heterocycles. The van der Waals surface area contributed by atoms with E-state index in [0.29, 0.717) is 28.5 Å². The number of aliphatic carboxylic acids is 1. The molecule has 198 valence electrons. The second kappa shape index (κ2) is 11.9. The smallest absolute Gasteiger partial charge is 0.317 e. The van der Waals surface area contributed by atoms with Crippen LogP contribution >= 0.6 is 0 Å². The first kappa shape index (κ1) is 27.7. The number of halogens is 1. The second-order valence-corrected chi connectivity index (χ2v) is 9.13. The van der Waals surface area contributed by atoms with Crippen molar-refractivity contribution < 1.29 is 33.3 Å². The maximum absolute atomic E-state index is 13.5. The van der Waals surface area contributed by atoms with Crippen LogP contribution in [0.1, 0.15) is 32.9 Å². The topological polar surface area (TPSA) is 140 Å². The Morgan fingerprint density at radius 3 is 2.38 bits per heavy atom. The number of H-pyrrole nitrogens is 1. The number of ether oxygens (including phenoxy) is 3. The van der Waals surface area contributed by atoms with E-state index >= 15 is 0 Å². The van der Waals surface area contributed by atoms with Crippen LogP contribution in [-0.2, 0) is 19.1 Å². The number of carboxylic acids is 1. The maximum atomic E-state index is 13.5. The molecule has 1 saturated heterocycles. The molecule has 0 unspecified atom stereocenters. The molecule has 3 aromatic rings. The van der Waals surface area contributed by atoms with Crippen molar-refractivity contribution in [3.05, 3.63) is 48.2 Å². The predicted octanol–water partition coefficient (Wildman–Crippen LogP) is 3.30. The van der Waals surface area contributed by atoms with Gasteiger partial charge in [-0.05, 0) is 51.1 Å². The summed E-state index contributed by atoms with van der Waals surface area (Å²) in [6.45, 7) is 5.23. The minimum atomic E-state index is -1.14. The van der Waals surface area contributed by atoms with Crippen molar-refractivity contribution in [3.8, 4) is 28.7 Å². The Morgan fingerprint density at radius 1 is 1.22 bits per heavy atom. The van der Waals surface area contributed by atoms with Gasteiger partial charge >= 0.3 is 12.0 Å². The number of carbonyl (C=O) groups excluding carboxylic acids is 1. The number of nitrogens with zero attached hydrogens (tertiary/aromatic N) is 4. The summed E-state index contributed by atoms with van der Waals surface area (Å²) in [5, 5.41) is 9.37. The number of imidazole rings is 1. The third-order valence-corrected chi connectivity index (χ3v) is 5.13. The first-order valence-corrected chi connectivity index (χ1v) is 11.5. The van der Waals surface area contributed by atoms with Gasteiger partial charge in [-0.1, -0.05) is 0 Å². The zero-order valence-corrected chi connectivity index (χ0v) is 21.3. The van der Waals surface area contributed by atoms with Gasteiger partial charge in [0.1, 0.15) is 11.2 Å². The fourth-order valence-electron chi connectivity index (χ4n) is 3.14.